The van der Waals surface area contributed by atoms with Crippen molar-refractivity contribution >= 4 is 17.1 Å². The SMILES string of the molecule is CC[C@H](NC(=O)N1CCN(C2CC(CC#N)(n3cc(-c4ncnc5[nH]ccc45)cn3)C2)CC1)C(F)(F)F. The van der Waals surface area contributed by atoms with Crippen molar-refractivity contribution in [3.8, 4) is 17.3 Å². The average Bonchev–Trinajstić information content (AvgIpc) is 3.54. The number of rotatable bonds is 6. The van der Waals surface area contributed by atoms with E-state index in [4.69, 9.17) is 0 Å². The molecule has 37 heavy (non-hydrogen) atoms. The highest BCUT2D eigenvalue weighted by atomic mass is 19.4. The van der Waals surface area contributed by atoms with Crippen LogP contribution in [0.3, 0.4) is 0 Å². The number of nitrogens with zero attached hydrogens (tertiary/aromatic N) is 7. The van der Waals surface area contributed by atoms with Gasteiger partial charge in [-0.3, -0.25) is 9.58 Å². The smallest absolute Gasteiger partial charge is 0.346 e. The lowest BCUT2D eigenvalue weighted by molar-refractivity contribution is -0.154. The average molecular weight is 516 g/mol. The molecule has 0 unspecified atom stereocenters. The van der Waals surface area contributed by atoms with Crippen molar-refractivity contribution in [2.75, 3.05) is 26.2 Å². The van der Waals surface area contributed by atoms with Crippen molar-refractivity contribution in [2.24, 2.45) is 0 Å². The van der Waals surface area contributed by atoms with E-state index >= 15 is 0 Å². The first-order chi connectivity index (χ1) is 17.7. The number of urea groups is 1. The van der Waals surface area contributed by atoms with Gasteiger partial charge in [0.25, 0.3) is 0 Å². The van der Waals surface area contributed by atoms with E-state index in [0.717, 1.165) is 35.1 Å². The monoisotopic (exact) mass is 515 g/mol. The van der Waals surface area contributed by atoms with Crippen molar-refractivity contribution in [2.45, 2.75) is 56.4 Å². The molecule has 0 radical (unpaired) electrons. The summed E-state index contributed by atoms with van der Waals surface area (Å²) in [5.41, 5.74) is 1.92. The first-order valence-corrected chi connectivity index (χ1v) is 12.3. The summed E-state index contributed by atoms with van der Waals surface area (Å²) in [6.45, 7) is 3.25. The van der Waals surface area contributed by atoms with E-state index < -0.39 is 23.8 Å². The summed E-state index contributed by atoms with van der Waals surface area (Å²) in [5, 5.41) is 17.1. The Morgan fingerprint density at radius 1 is 1.30 bits per heavy atom. The second-order valence-electron chi connectivity index (χ2n) is 9.73. The number of halogens is 3. The maximum atomic E-state index is 13.0. The van der Waals surface area contributed by atoms with Gasteiger partial charge in [0.2, 0.25) is 0 Å². The zero-order valence-electron chi connectivity index (χ0n) is 20.4. The zero-order valence-corrected chi connectivity index (χ0v) is 20.4. The summed E-state index contributed by atoms with van der Waals surface area (Å²) >= 11 is 0. The van der Waals surface area contributed by atoms with Crippen molar-refractivity contribution < 1.29 is 18.0 Å². The predicted molar refractivity (Wildman–Crippen MR) is 128 cm³/mol. The fourth-order valence-electron chi connectivity index (χ4n) is 5.39. The topological polar surface area (TPSA) is 119 Å². The highest BCUT2D eigenvalue weighted by molar-refractivity contribution is 5.90. The molecule has 4 heterocycles. The summed E-state index contributed by atoms with van der Waals surface area (Å²) in [4.78, 5) is 27.8. The van der Waals surface area contributed by atoms with Crippen LogP contribution in [0.25, 0.3) is 22.3 Å². The number of aromatic nitrogens is 5. The molecule has 5 rings (SSSR count). The van der Waals surface area contributed by atoms with Gasteiger partial charge in [-0.1, -0.05) is 6.92 Å². The second kappa shape index (κ2) is 9.66. The number of carbonyl (C=O) groups excluding carboxylic acids is 1. The molecule has 2 amide bonds. The zero-order chi connectivity index (χ0) is 26.2. The minimum Gasteiger partial charge on any atom is -0.346 e. The molecule has 2 aliphatic rings. The van der Waals surface area contributed by atoms with E-state index in [1.807, 2.05) is 23.1 Å². The van der Waals surface area contributed by atoms with Crippen molar-refractivity contribution in [3.05, 3.63) is 31.0 Å². The molecule has 1 atom stereocenters. The summed E-state index contributed by atoms with van der Waals surface area (Å²) in [6.07, 6.45) is 4.08. The lowest BCUT2D eigenvalue weighted by Crippen LogP contribution is -2.62. The first kappa shape index (κ1) is 25.0. The van der Waals surface area contributed by atoms with Gasteiger partial charge >= 0.3 is 12.2 Å². The van der Waals surface area contributed by atoms with Crippen molar-refractivity contribution in [3.63, 3.8) is 0 Å². The molecule has 1 saturated carbocycles. The summed E-state index contributed by atoms with van der Waals surface area (Å²) in [5.74, 6) is 0. The molecule has 0 spiro atoms. The third-order valence-corrected chi connectivity index (χ3v) is 7.55. The first-order valence-electron chi connectivity index (χ1n) is 12.3. The molecule has 2 N–H and O–H groups in total. The maximum Gasteiger partial charge on any atom is 0.408 e. The van der Waals surface area contributed by atoms with Gasteiger partial charge in [-0.2, -0.15) is 23.5 Å². The number of carbonyl (C=O) groups is 1. The van der Waals surface area contributed by atoms with Crippen LogP contribution in [-0.4, -0.2) is 85.0 Å². The van der Waals surface area contributed by atoms with Crippen LogP contribution in [0.2, 0.25) is 0 Å². The standard InChI is InChI=1S/C24H28F3N9O/c1-2-19(24(25,26)27)33-22(37)35-9-7-34(8-10-35)17-11-23(12-17,4-5-28)36-14-16(13-32-36)20-18-3-6-29-21(18)31-15-30-20/h3,6,13-15,17,19H,2,4,7-12H2,1H3,(H,33,37)(H,29,30,31)/t17?,19-,23?/m0/s1. The molecule has 196 valence electrons. The fourth-order valence-corrected chi connectivity index (χ4v) is 5.39. The number of hydrogen-bond donors (Lipinski definition) is 2. The highest BCUT2D eigenvalue weighted by Crippen LogP contribution is 2.45. The summed E-state index contributed by atoms with van der Waals surface area (Å²) < 4.78 is 40.9. The van der Waals surface area contributed by atoms with Gasteiger partial charge in [0.15, 0.2) is 0 Å². The van der Waals surface area contributed by atoms with E-state index in [1.165, 1.54) is 18.2 Å². The number of hydrogen-bond acceptors (Lipinski definition) is 6. The van der Waals surface area contributed by atoms with Gasteiger partial charge < -0.3 is 15.2 Å². The predicted octanol–water partition coefficient (Wildman–Crippen LogP) is 3.26. The molecule has 0 bridgehead atoms. The summed E-state index contributed by atoms with van der Waals surface area (Å²) in [7, 11) is 0. The van der Waals surface area contributed by atoms with Crippen LogP contribution in [0.4, 0.5) is 18.0 Å². The molecule has 3 aromatic rings. The molecule has 10 nitrogen and oxygen atoms in total. The van der Waals surface area contributed by atoms with Crippen LogP contribution in [0.5, 0.6) is 0 Å². The molecular weight excluding hydrogens is 487 g/mol. The van der Waals surface area contributed by atoms with Gasteiger partial charge in [0.1, 0.15) is 18.0 Å². The van der Waals surface area contributed by atoms with E-state index in [2.05, 4.69) is 36.3 Å². The Bertz CT molecular complexity index is 1300. The molecule has 1 aliphatic heterocycles. The Hall–Kier alpha value is -3.66. The van der Waals surface area contributed by atoms with E-state index in [1.54, 1.807) is 6.20 Å². The Kier molecular flexibility index (Phi) is 6.53. The van der Waals surface area contributed by atoms with Crippen LogP contribution < -0.4 is 5.32 Å². The summed E-state index contributed by atoms with van der Waals surface area (Å²) in [6, 6.07) is 1.90. The molecule has 13 heteroatoms. The van der Waals surface area contributed by atoms with Gasteiger partial charge in [-0.25, -0.2) is 14.8 Å². The Balaban J connectivity index is 1.21. The lowest BCUT2D eigenvalue weighted by Gasteiger charge is -2.52. The minimum atomic E-state index is -4.46. The molecular formula is C24H28F3N9O. The molecule has 1 aliphatic carbocycles. The number of alkyl halides is 3. The highest BCUT2D eigenvalue weighted by Gasteiger charge is 2.49. The van der Waals surface area contributed by atoms with Gasteiger partial charge in [-0.05, 0) is 25.3 Å². The number of aromatic amines is 1. The maximum absolute atomic E-state index is 13.0. The van der Waals surface area contributed by atoms with Crippen LogP contribution in [0.1, 0.15) is 32.6 Å². The third-order valence-electron chi connectivity index (χ3n) is 7.55. The van der Waals surface area contributed by atoms with Gasteiger partial charge in [0, 0.05) is 55.6 Å². The lowest BCUT2D eigenvalue weighted by atomic mass is 9.70. The normalized spacial score (nSPS) is 23.4. The quantitative estimate of drug-likeness (QED) is 0.520. The number of piperazine rings is 1. The largest absolute Gasteiger partial charge is 0.408 e. The Labute approximate surface area is 211 Å². The number of amides is 2. The third kappa shape index (κ3) is 4.73. The van der Waals surface area contributed by atoms with Crippen LogP contribution in [-0.2, 0) is 5.54 Å². The number of nitriles is 1. The molecule has 0 aromatic carbocycles. The Morgan fingerprint density at radius 2 is 2.05 bits per heavy atom. The fraction of sp³-hybridized carbons (Fsp3) is 0.542. The van der Waals surface area contributed by atoms with Crippen LogP contribution >= 0.6 is 0 Å². The number of nitrogens with one attached hydrogen (secondary N) is 2. The van der Waals surface area contributed by atoms with E-state index in [0.29, 0.717) is 32.6 Å². The van der Waals surface area contributed by atoms with Gasteiger partial charge in [-0.15, -0.1) is 0 Å². The van der Waals surface area contributed by atoms with E-state index in [9.17, 15) is 23.2 Å². The molecule has 3 aromatic heterocycles. The Morgan fingerprint density at radius 3 is 2.73 bits per heavy atom. The second-order valence-corrected chi connectivity index (χ2v) is 9.73. The number of fused-ring (bicyclic) bond motifs is 1. The van der Waals surface area contributed by atoms with Crippen molar-refractivity contribution in [1.82, 2.24) is 39.8 Å². The molecule has 2 fully saturated rings. The van der Waals surface area contributed by atoms with Crippen molar-refractivity contribution in [1.29, 1.82) is 5.26 Å². The minimum absolute atomic E-state index is 0.208. The van der Waals surface area contributed by atoms with E-state index in [-0.39, 0.29) is 12.5 Å². The van der Waals surface area contributed by atoms with Gasteiger partial charge in [0.05, 0.1) is 29.9 Å². The number of H-pyrrole nitrogens is 1. The molecule has 1 saturated heterocycles. The van der Waals surface area contributed by atoms with Crippen LogP contribution in [0, 0.1) is 11.3 Å². The van der Waals surface area contributed by atoms with Crippen LogP contribution in [0.15, 0.2) is 31.0 Å².